The van der Waals surface area contributed by atoms with Crippen molar-refractivity contribution < 1.29 is 0 Å². The van der Waals surface area contributed by atoms with E-state index in [2.05, 4.69) is 25.7 Å². The summed E-state index contributed by atoms with van der Waals surface area (Å²) in [6.45, 7) is 8.95. The predicted molar refractivity (Wildman–Crippen MR) is 73.0 cm³/mol. The summed E-state index contributed by atoms with van der Waals surface area (Å²) in [7, 11) is 1.96. The van der Waals surface area contributed by atoms with Gasteiger partial charge >= 0.3 is 0 Å². The van der Waals surface area contributed by atoms with E-state index in [1.807, 2.05) is 11.9 Å². The first-order valence-corrected chi connectivity index (χ1v) is 6.28. The van der Waals surface area contributed by atoms with E-state index in [-0.39, 0.29) is 5.43 Å². The number of hydrogen-bond acceptors (Lipinski definition) is 4. The molecule has 0 spiro atoms. The summed E-state index contributed by atoms with van der Waals surface area (Å²) in [4.78, 5) is 15.9. The van der Waals surface area contributed by atoms with E-state index in [1.54, 1.807) is 0 Å². The lowest BCUT2D eigenvalue weighted by atomic mass is 10.1. The Morgan fingerprint density at radius 1 is 1.12 bits per heavy atom. The van der Waals surface area contributed by atoms with Gasteiger partial charge in [0.1, 0.15) is 10.2 Å². The Morgan fingerprint density at radius 3 is 2.12 bits per heavy atom. The van der Waals surface area contributed by atoms with Crippen LogP contribution in [0.2, 0.25) is 0 Å². The van der Waals surface area contributed by atoms with Gasteiger partial charge in [0.05, 0.1) is 5.69 Å². The number of hydrogen-bond donors (Lipinski definition) is 0. The Morgan fingerprint density at radius 2 is 1.69 bits per heavy atom. The average Bonchev–Trinajstić information content (AvgIpc) is 2.28. The number of anilines is 2. The summed E-state index contributed by atoms with van der Waals surface area (Å²) in [6, 6.07) is 0. The first-order chi connectivity index (χ1) is 7.58. The van der Waals surface area contributed by atoms with Gasteiger partial charge in [-0.15, -0.1) is 0 Å². The summed E-state index contributed by atoms with van der Waals surface area (Å²) < 4.78 is 0.502. The van der Waals surface area contributed by atoms with Crippen LogP contribution >= 0.6 is 12.2 Å². The molecule has 0 saturated carbocycles. The highest BCUT2D eigenvalue weighted by atomic mass is 32.1. The van der Waals surface area contributed by atoms with Crippen LogP contribution in [0.1, 0.15) is 27.2 Å². The molecular formula is C12H20N2OS. The first kappa shape index (κ1) is 13.2. The lowest BCUT2D eigenvalue weighted by Crippen LogP contribution is -2.35. The summed E-state index contributed by atoms with van der Waals surface area (Å²) in [5.41, 5.74) is 1.81. The molecule has 90 valence electrons. The van der Waals surface area contributed by atoms with Crippen molar-refractivity contribution >= 4 is 23.6 Å². The fourth-order valence-electron chi connectivity index (χ4n) is 2.00. The molecule has 1 aromatic rings. The maximum Gasteiger partial charge on any atom is 0.224 e. The average molecular weight is 240 g/mol. The molecule has 0 unspecified atom stereocenters. The highest BCUT2D eigenvalue weighted by molar-refractivity contribution is 7.71. The molecule has 0 atom stereocenters. The quantitative estimate of drug-likeness (QED) is 0.712. The van der Waals surface area contributed by atoms with Crippen LogP contribution in [-0.2, 0) is 0 Å². The zero-order valence-electron chi connectivity index (χ0n) is 10.5. The SMILES string of the molecule is CCCN(C)c1c(N(CC)CC)c(=S)c1=O. The minimum atomic E-state index is 0.0350. The third-order valence-electron chi connectivity index (χ3n) is 2.88. The molecule has 0 bridgehead atoms. The molecule has 16 heavy (non-hydrogen) atoms. The Bertz CT molecular complexity index is 417. The molecule has 0 saturated heterocycles. The van der Waals surface area contributed by atoms with Gasteiger partial charge < -0.3 is 9.80 Å². The van der Waals surface area contributed by atoms with Crippen molar-refractivity contribution in [2.24, 2.45) is 0 Å². The monoisotopic (exact) mass is 240 g/mol. The fraction of sp³-hybridized carbons (Fsp3) is 0.667. The van der Waals surface area contributed by atoms with Gasteiger partial charge in [-0.05, 0) is 20.3 Å². The van der Waals surface area contributed by atoms with Gasteiger partial charge in [-0.25, -0.2) is 0 Å². The Labute approximate surface area is 102 Å². The van der Waals surface area contributed by atoms with Crippen LogP contribution < -0.4 is 15.2 Å². The standard InChI is InChI=1S/C12H20N2OS/c1-5-8-13(4)9-10(12(16)11(9)15)14(6-2)7-3/h5-8H2,1-4H3. The molecule has 0 aromatic heterocycles. The molecule has 0 radical (unpaired) electrons. The minimum absolute atomic E-state index is 0.0350. The van der Waals surface area contributed by atoms with Crippen LogP contribution in [-0.4, -0.2) is 26.7 Å². The molecule has 1 rings (SSSR count). The number of rotatable bonds is 6. The fourth-order valence-corrected chi connectivity index (χ4v) is 2.32. The van der Waals surface area contributed by atoms with Crippen LogP contribution in [0.25, 0.3) is 0 Å². The van der Waals surface area contributed by atoms with Crippen LogP contribution in [0.15, 0.2) is 4.79 Å². The highest BCUT2D eigenvalue weighted by Crippen LogP contribution is 2.30. The summed E-state index contributed by atoms with van der Waals surface area (Å²) >= 11 is 5.14. The van der Waals surface area contributed by atoms with Gasteiger partial charge in [-0.3, -0.25) is 4.79 Å². The summed E-state index contributed by atoms with van der Waals surface area (Å²) in [5.74, 6) is 0. The van der Waals surface area contributed by atoms with Crippen molar-refractivity contribution in [1.29, 1.82) is 0 Å². The van der Waals surface area contributed by atoms with Crippen molar-refractivity contribution in [3.05, 3.63) is 14.7 Å². The molecular weight excluding hydrogens is 220 g/mol. The van der Waals surface area contributed by atoms with Crippen molar-refractivity contribution in [1.82, 2.24) is 0 Å². The van der Waals surface area contributed by atoms with Crippen LogP contribution in [0.5, 0.6) is 0 Å². The van der Waals surface area contributed by atoms with E-state index in [0.29, 0.717) is 4.51 Å². The maximum atomic E-state index is 11.8. The smallest absolute Gasteiger partial charge is 0.224 e. The largest absolute Gasteiger partial charge is 0.370 e. The van der Waals surface area contributed by atoms with Gasteiger partial charge in [-0.2, -0.15) is 0 Å². The maximum absolute atomic E-state index is 11.8. The molecule has 0 heterocycles. The second-order valence-corrected chi connectivity index (χ2v) is 4.36. The van der Waals surface area contributed by atoms with Crippen LogP contribution in [0.4, 0.5) is 11.4 Å². The molecule has 0 N–H and O–H groups in total. The lowest BCUT2D eigenvalue weighted by molar-refractivity contribution is 0.818. The molecule has 0 aliphatic rings. The predicted octanol–water partition coefficient (Wildman–Crippen LogP) is 2.34. The van der Waals surface area contributed by atoms with E-state index >= 15 is 0 Å². The Kier molecular flexibility index (Phi) is 4.47. The lowest BCUT2D eigenvalue weighted by Gasteiger charge is -2.30. The normalized spacial score (nSPS) is 10.8. The third kappa shape index (κ3) is 2.12. The second kappa shape index (κ2) is 5.43. The first-order valence-electron chi connectivity index (χ1n) is 5.87. The van der Waals surface area contributed by atoms with E-state index in [9.17, 15) is 4.79 Å². The zero-order chi connectivity index (χ0) is 12.3. The third-order valence-corrected chi connectivity index (χ3v) is 3.26. The Hall–Kier alpha value is -0.900. The molecule has 0 aliphatic heterocycles. The van der Waals surface area contributed by atoms with Crippen LogP contribution in [0.3, 0.4) is 0 Å². The highest BCUT2D eigenvalue weighted by Gasteiger charge is 2.23. The van der Waals surface area contributed by atoms with Gasteiger partial charge in [0.15, 0.2) is 0 Å². The molecule has 0 fully saturated rings. The molecule has 0 amide bonds. The van der Waals surface area contributed by atoms with E-state index in [0.717, 1.165) is 37.4 Å². The topological polar surface area (TPSA) is 23.6 Å². The van der Waals surface area contributed by atoms with Gasteiger partial charge in [0.25, 0.3) is 0 Å². The van der Waals surface area contributed by atoms with Crippen molar-refractivity contribution in [3.63, 3.8) is 0 Å². The molecule has 0 aliphatic carbocycles. The van der Waals surface area contributed by atoms with E-state index in [1.165, 1.54) is 0 Å². The van der Waals surface area contributed by atoms with Crippen LogP contribution in [0, 0.1) is 4.51 Å². The minimum Gasteiger partial charge on any atom is -0.370 e. The van der Waals surface area contributed by atoms with Crippen molar-refractivity contribution in [3.8, 4) is 0 Å². The van der Waals surface area contributed by atoms with E-state index in [4.69, 9.17) is 12.2 Å². The van der Waals surface area contributed by atoms with E-state index < -0.39 is 0 Å². The Balaban J connectivity index is 3.07. The zero-order valence-corrected chi connectivity index (χ0v) is 11.4. The van der Waals surface area contributed by atoms with Gasteiger partial charge in [0, 0.05) is 26.7 Å². The molecule has 3 nitrogen and oxygen atoms in total. The van der Waals surface area contributed by atoms with Gasteiger partial charge in [0.2, 0.25) is 5.43 Å². The van der Waals surface area contributed by atoms with Crippen molar-refractivity contribution in [2.75, 3.05) is 36.5 Å². The summed E-state index contributed by atoms with van der Waals surface area (Å²) in [5, 5.41) is 0. The summed E-state index contributed by atoms with van der Waals surface area (Å²) in [6.07, 6.45) is 1.03. The van der Waals surface area contributed by atoms with Gasteiger partial charge in [-0.1, -0.05) is 19.1 Å². The van der Waals surface area contributed by atoms with Crippen molar-refractivity contribution in [2.45, 2.75) is 27.2 Å². The number of nitrogens with zero attached hydrogens (tertiary/aromatic N) is 2. The molecule has 4 heteroatoms. The molecule has 1 aromatic carbocycles. The second-order valence-electron chi connectivity index (χ2n) is 3.95.